The van der Waals surface area contributed by atoms with Crippen LogP contribution in [0.2, 0.25) is 0 Å². The van der Waals surface area contributed by atoms with E-state index in [0.717, 1.165) is 12.1 Å². The van der Waals surface area contributed by atoms with Gasteiger partial charge in [0.1, 0.15) is 11.8 Å². The van der Waals surface area contributed by atoms with Gasteiger partial charge in [-0.25, -0.2) is 10.9 Å². The van der Waals surface area contributed by atoms with E-state index in [1.54, 1.807) is 0 Å². The number of fused-ring (bicyclic) bond motifs is 1. The number of hydrogen-bond donors (Lipinski definition) is 3. The van der Waals surface area contributed by atoms with E-state index in [0.29, 0.717) is 5.56 Å². The van der Waals surface area contributed by atoms with Crippen LogP contribution in [0.1, 0.15) is 11.6 Å². The Morgan fingerprint density at radius 3 is 2.48 bits per heavy atom. The molecular weight excluding hydrogens is 403 g/mol. The van der Waals surface area contributed by atoms with Crippen molar-refractivity contribution in [1.82, 2.24) is 16.4 Å². The average Bonchev–Trinajstić information content (AvgIpc) is 3.21. The van der Waals surface area contributed by atoms with Gasteiger partial charge in [-0.15, -0.1) is 22.0 Å². The lowest BCUT2D eigenvalue weighted by Gasteiger charge is -2.17. The minimum Gasteiger partial charge on any atom is -0.406 e. The maximum Gasteiger partial charge on any atom is 0.586 e. The van der Waals surface area contributed by atoms with E-state index in [9.17, 15) is 27.2 Å². The van der Waals surface area contributed by atoms with E-state index in [2.05, 4.69) is 30.6 Å². The zero-order chi connectivity index (χ0) is 20.8. The number of halogens is 5. The predicted molar refractivity (Wildman–Crippen MR) is 86.3 cm³/mol. The van der Waals surface area contributed by atoms with Crippen LogP contribution in [0.25, 0.3) is 11.1 Å². The van der Waals surface area contributed by atoms with Crippen molar-refractivity contribution in [3.8, 4) is 34.4 Å². The van der Waals surface area contributed by atoms with Gasteiger partial charge in [-0.3, -0.25) is 0 Å². The van der Waals surface area contributed by atoms with Crippen LogP contribution in [0.15, 0.2) is 36.4 Å². The normalized spacial score (nSPS) is 22.3. The zero-order valence-corrected chi connectivity index (χ0v) is 14.2. The molecule has 2 aromatic rings. The Balaban J connectivity index is 1.76. The Labute approximate surface area is 159 Å². The van der Waals surface area contributed by atoms with Gasteiger partial charge in [0.15, 0.2) is 11.5 Å². The molecule has 2 aliphatic heterocycles. The number of hydrazine groups is 2. The summed E-state index contributed by atoms with van der Waals surface area (Å²) in [5.41, 5.74) is 8.70. The molecule has 2 aliphatic rings. The number of rotatable bonds is 3. The molecule has 29 heavy (non-hydrogen) atoms. The second-order valence-corrected chi connectivity index (χ2v) is 6.17. The highest BCUT2D eigenvalue weighted by Crippen LogP contribution is 2.43. The summed E-state index contributed by atoms with van der Waals surface area (Å²) in [5.74, 6) is -0.983. The van der Waals surface area contributed by atoms with Gasteiger partial charge in [0.25, 0.3) is 0 Å². The second kappa shape index (κ2) is 6.73. The van der Waals surface area contributed by atoms with Crippen LogP contribution in [0.5, 0.6) is 17.2 Å². The largest absolute Gasteiger partial charge is 0.586 e. The van der Waals surface area contributed by atoms with Crippen molar-refractivity contribution in [3.05, 3.63) is 42.0 Å². The lowest BCUT2D eigenvalue weighted by molar-refractivity contribution is -0.286. The summed E-state index contributed by atoms with van der Waals surface area (Å²) in [6.07, 6.45) is -8.76. The first-order valence-corrected chi connectivity index (χ1v) is 8.10. The summed E-state index contributed by atoms with van der Waals surface area (Å²) in [6.45, 7) is 0. The first kappa shape index (κ1) is 19.2. The van der Waals surface area contributed by atoms with E-state index < -0.39 is 30.5 Å². The van der Waals surface area contributed by atoms with Crippen LogP contribution in [-0.2, 0) is 0 Å². The fraction of sp³-hybridized carbons (Fsp3) is 0.235. The van der Waals surface area contributed by atoms with Gasteiger partial charge in [-0.2, -0.15) is 10.8 Å². The Morgan fingerprint density at radius 2 is 1.76 bits per heavy atom. The minimum absolute atomic E-state index is 0.197. The highest BCUT2D eigenvalue weighted by atomic mass is 19.4. The topological polar surface area (TPSA) is 87.6 Å². The van der Waals surface area contributed by atoms with Gasteiger partial charge in [0, 0.05) is 0 Å². The molecule has 2 heterocycles. The van der Waals surface area contributed by atoms with Gasteiger partial charge in [0.05, 0.1) is 12.1 Å². The molecular formula is C17H11F5N4O3. The molecule has 4 rings (SSSR count). The molecule has 1 saturated heterocycles. The third kappa shape index (κ3) is 4.02. The number of ether oxygens (including phenoxy) is 3. The molecule has 0 bridgehead atoms. The third-order valence-electron chi connectivity index (χ3n) is 4.18. The monoisotopic (exact) mass is 414 g/mol. The molecule has 0 spiro atoms. The molecule has 2 unspecified atom stereocenters. The molecule has 0 aliphatic carbocycles. The van der Waals surface area contributed by atoms with Crippen LogP contribution in [0.4, 0.5) is 22.0 Å². The lowest BCUT2D eigenvalue weighted by atomic mass is 9.96. The van der Waals surface area contributed by atoms with E-state index >= 15 is 0 Å². The summed E-state index contributed by atoms with van der Waals surface area (Å²) in [7, 11) is 0. The molecule has 7 nitrogen and oxygen atoms in total. The van der Waals surface area contributed by atoms with Crippen LogP contribution < -0.4 is 30.6 Å². The van der Waals surface area contributed by atoms with Gasteiger partial charge in [0.2, 0.25) is 0 Å². The summed E-state index contributed by atoms with van der Waals surface area (Å²) in [5, 5.41) is 9.19. The Morgan fingerprint density at radius 1 is 1.00 bits per heavy atom. The standard InChI is InChI=1S/C17H11F5N4O3/c18-16(19,20)27-11-4-9(3-10(5-11)15-12(7-23)24-26-25-15)8-1-2-13-14(6-8)29-17(21,22)28-13/h1-6,12,15,24-26H. The van der Waals surface area contributed by atoms with E-state index in [1.165, 1.54) is 24.3 Å². The lowest BCUT2D eigenvalue weighted by Crippen LogP contribution is -2.32. The molecule has 0 aromatic heterocycles. The van der Waals surface area contributed by atoms with Crippen molar-refractivity contribution in [3.63, 3.8) is 0 Å². The van der Waals surface area contributed by atoms with Crippen molar-refractivity contribution >= 4 is 0 Å². The molecule has 0 radical (unpaired) electrons. The summed E-state index contributed by atoms with van der Waals surface area (Å²) >= 11 is 0. The van der Waals surface area contributed by atoms with Crippen LogP contribution in [0, 0.1) is 11.3 Å². The summed E-state index contributed by atoms with van der Waals surface area (Å²) < 4.78 is 77.5. The number of hydrogen-bond acceptors (Lipinski definition) is 7. The molecule has 12 heteroatoms. The highest BCUT2D eigenvalue weighted by Gasteiger charge is 2.43. The Hall–Kier alpha value is -3.14. The van der Waals surface area contributed by atoms with Crippen molar-refractivity contribution in [2.45, 2.75) is 24.7 Å². The van der Waals surface area contributed by atoms with Crippen molar-refractivity contribution in [2.24, 2.45) is 0 Å². The third-order valence-corrected chi connectivity index (χ3v) is 4.18. The maximum absolute atomic E-state index is 13.2. The van der Waals surface area contributed by atoms with Gasteiger partial charge < -0.3 is 14.2 Å². The molecule has 3 N–H and O–H groups in total. The predicted octanol–water partition coefficient (Wildman–Crippen LogP) is 3.12. The first-order chi connectivity index (χ1) is 13.6. The molecule has 152 valence electrons. The van der Waals surface area contributed by atoms with Crippen molar-refractivity contribution in [2.75, 3.05) is 0 Å². The average molecular weight is 414 g/mol. The van der Waals surface area contributed by atoms with Gasteiger partial charge in [-0.1, -0.05) is 6.07 Å². The number of nitrogens with zero attached hydrogens (tertiary/aromatic N) is 1. The fourth-order valence-corrected chi connectivity index (χ4v) is 3.04. The smallest absolute Gasteiger partial charge is 0.406 e. The van der Waals surface area contributed by atoms with E-state index in [1.807, 2.05) is 6.07 Å². The van der Waals surface area contributed by atoms with Gasteiger partial charge >= 0.3 is 12.7 Å². The van der Waals surface area contributed by atoms with Gasteiger partial charge in [-0.05, 0) is 47.0 Å². The Kier molecular flexibility index (Phi) is 4.45. The SMILES string of the molecule is N#CC1NNNC1c1cc(OC(F)(F)F)cc(-c2ccc3c(c2)OC(F)(F)O3)c1. The second-order valence-electron chi connectivity index (χ2n) is 6.17. The van der Waals surface area contributed by atoms with E-state index in [-0.39, 0.29) is 22.6 Å². The first-order valence-electron chi connectivity index (χ1n) is 8.10. The molecule has 0 saturated carbocycles. The summed E-state index contributed by atoms with van der Waals surface area (Å²) in [4.78, 5) is 0. The van der Waals surface area contributed by atoms with E-state index in [4.69, 9.17) is 0 Å². The molecule has 2 atom stereocenters. The number of alkyl halides is 5. The van der Waals surface area contributed by atoms with Crippen LogP contribution in [0.3, 0.4) is 0 Å². The van der Waals surface area contributed by atoms with Crippen LogP contribution >= 0.6 is 0 Å². The number of benzene rings is 2. The minimum atomic E-state index is -4.94. The fourth-order valence-electron chi connectivity index (χ4n) is 3.04. The Bertz CT molecular complexity index is 992. The number of nitriles is 1. The van der Waals surface area contributed by atoms with Crippen LogP contribution in [-0.4, -0.2) is 18.7 Å². The molecule has 2 aromatic carbocycles. The van der Waals surface area contributed by atoms with Crippen molar-refractivity contribution in [1.29, 1.82) is 5.26 Å². The van der Waals surface area contributed by atoms with Crippen molar-refractivity contribution < 1.29 is 36.2 Å². The number of nitrogens with one attached hydrogen (secondary N) is 3. The zero-order valence-electron chi connectivity index (χ0n) is 14.2. The quantitative estimate of drug-likeness (QED) is 0.666. The maximum atomic E-state index is 13.2. The summed E-state index contributed by atoms with van der Waals surface area (Å²) in [6, 6.07) is 8.05. The molecule has 0 amide bonds. The molecule has 1 fully saturated rings. The highest BCUT2D eigenvalue weighted by molar-refractivity contribution is 5.70.